The summed E-state index contributed by atoms with van der Waals surface area (Å²) in [5, 5.41) is 6.97. The maximum Gasteiger partial charge on any atom is 0.152 e. The third-order valence-corrected chi connectivity index (χ3v) is 4.70. The maximum absolute atomic E-state index is 12.4. The molecule has 0 aromatic rings. The Bertz CT molecular complexity index is 280. The molecule has 2 rings (SSSR count). The lowest BCUT2D eigenvalue weighted by molar-refractivity contribution is -0.128. The highest BCUT2D eigenvalue weighted by Gasteiger charge is 2.35. The molecular weight excluding hydrogens is 236 g/mol. The number of hydrogen-bond acceptors (Lipinski definition) is 3. The van der Waals surface area contributed by atoms with Crippen molar-refractivity contribution in [2.24, 2.45) is 5.92 Å². The van der Waals surface area contributed by atoms with Crippen LogP contribution in [0.25, 0.3) is 0 Å². The van der Waals surface area contributed by atoms with Crippen LogP contribution >= 0.6 is 0 Å². The Kier molecular flexibility index (Phi) is 6.32. The molecule has 0 aromatic carbocycles. The number of nitrogens with one attached hydrogen (secondary N) is 2. The van der Waals surface area contributed by atoms with Crippen LogP contribution in [0.1, 0.15) is 64.7 Å². The van der Waals surface area contributed by atoms with Crippen molar-refractivity contribution in [1.29, 1.82) is 0 Å². The average molecular weight is 266 g/mol. The van der Waals surface area contributed by atoms with Gasteiger partial charge in [0.1, 0.15) is 0 Å². The van der Waals surface area contributed by atoms with Crippen LogP contribution in [0.3, 0.4) is 0 Å². The predicted octanol–water partition coefficient (Wildman–Crippen LogP) is 2.65. The largest absolute Gasteiger partial charge is 0.317 e. The first-order chi connectivity index (χ1) is 9.31. The second-order valence-electron chi connectivity index (χ2n) is 6.24. The number of carbonyl (C=O) groups excluding carboxylic acids is 1. The van der Waals surface area contributed by atoms with Crippen molar-refractivity contribution in [3.63, 3.8) is 0 Å². The molecule has 2 aliphatic rings. The molecule has 2 fully saturated rings. The summed E-state index contributed by atoms with van der Waals surface area (Å²) in [6, 6.07) is 0.769. The van der Waals surface area contributed by atoms with Crippen molar-refractivity contribution in [2.75, 3.05) is 13.1 Å². The van der Waals surface area contributed by atoms with Crippen LogP contribution in [-0.4, -0.2) is 31.0 Å². The van der Waals surface area contributed by atoms with E-state index >= 15 is 0 Å². The molecule has 1 heterocycles. The normalized spacial score (nSPS) is 31.8. The predicted molar refractivity (Wildman–Crippen MR) is 79.3 cm³/mol. The summed E-state index contributed by atoms with van der Waals surface area (Å²) < 4.78 is 0. The van der Waals surface area contributed by atoms with Crippen molar-refractivity contribution in [3.8, 4) is 0 Å². The number of hydrogen-bond donors (Lipinski definition) is 2. The van der Waals surface area contributed by atoms with Crippen molar-refractivity contribution in [3.05, 3.63) is 0 Å². The molecule has 1 saturated carbocycles. The van der Waals surface area contributed by atoms with Crippen LogP contribution in [0, 0.1) is 5.92 Å². The lowest BCUT2D eigenvalue weighted by Crippen LogP contribution is -2.52. The number of piperidine rings is 1. The van der Waals surface area contributed by atoms with Crippen LogP contribution in [0.5, 0.6) is 0 Å². The van der Waals surface area contributed by atoms with Gasteiger partial charge in [-0.05, 0) is 45.2 Å². The highest BCUT2D eigenvalue weighted by Crippen LogP contribution is 2.29. The smallest absolute Gasteiger partial charge is 0.152 e. The second kappa shape index (κ2) is 8.01. The second-order valence-corrected chi connectivity index (χ2v) is 6.24. The molecule has 3 unspecified atom stereocenters. The van der Waals surface area contributed by atoms with E-state index in [9.17, 15) is 4.79 Å². The molecule has 0 aromatic heterocycles. The highest BCUT2D eigenvalue weighted by atomic mass is 16.1. The van der Waals surface area contributed by atoms with Gasteiger partial charge in [-0.1, -0.05) is 32.6 Å². The third kappa shape index (κ3) is 4.57. The molecule has 0 amide bonds. The maximum atomic E-state index is 12.4. The summed E-state index contributed by atoms with van der Waals surface area (Å²) in [7, 11) is 0. The molecule has 19 heavy (non-hydrogen) atoms. The van der Waals surface area contributed by atoms with Crippen molar-refractivity contribution in [1.82, 2.24) is 10.6 Å². The fourth-order valence-electron chi connectivity index (χ4n) is 3.60. The Labute approximate surface area is 117 Å². The Morgan fingerprint density at radius 3 is 2.89 bits per heavy atom. The molecule has 3 atom stereocenters. The molecule has 3 heteroatoms. The number of rotatable bonds is 6. The summed E-state index contributed by atoms with van der Waals surface area (Å²) in [4.78, 5) is 12.4. The van der Waals surface area contributed by atoms with E-state index in [2.05, 4.69) is 17.6 Å². The molecule has 3 nitrogen and oxygen atoms in total. The van der Waals surface area contributed by atoms with Gasteiger partial charge in [-0.25, -0.2) is 0 Å². The van der Waals surface area contributed by atoms with Crippen LogP contribution in [0.15, 0.2) is 0 Å². The van der Waals surface area contributed by atoms with E-state index in [1.54, 1.807) is 0 Å². The first-order valence-corrected chi connectivity index (χ1v) is 8.31. The Hall–Kier alpha value is -0.410. The summed E-state index contributed by atoms with van der Waals surface area (Å²) in [5.41, 5.74) is 0. The van der Waals surface area contributed by atoms with Crippen molar-refractivity contribution in [2.45, 2.75) is 76.8 Å². The fourth-order valence-corrected chi connectivity index (χ4v) is 3.60. The molecule has 0 radical (unpaired) electrons. The van der Waals surface area contributed by atoms with E-state index in [4.69, 9.17) is 0 Å². The van der Waals surface area contributed by atoms with E-state index in [-0.39, 0.29) is 6.04 Å². The van der Waals surface area contributed by atoms with Crippen molar-refractivity contribution >= 4 is 5.78 Å². The van der Waals surface area contributed by atoms with Crippen LogP contribution < -0.4 is 10.6 Å². The van der Waals surface area contributed by atoms with Gasteiger partial charge in [-0.2, -0.15) is 0 Å². The molecular formula is C16H30N2O. The molecule has 1 aliphatic heterocycles. The Morgan fingerprint density at radius 1 is 1.21 bits per heavy atom. The average Bonchev–Trinajstić information content (AvgIpc) is 2.38. The van der Waals surface area contributed by atoms with Gasteiger partial charge in [-0.15, -0.1) is 0 Å². The Balaban J connectivity index is 1.77. The van der Waals surface area contributed by atoms with Crippen LogP contribution in [0.4, 0.5) is 0 Å². The standard InChI is InChI=1S/C16H30N2O/c1-2-17-11-7-6-10-15-16(19)13-8-4-3-5-9-14(12-13)18-15/h13-15,17-18H,2-12H2,1H3. The van der Waals surface area contributed by atoms with E-state index in [0.717, 1.165) is 38.8 Å². The number of carbonyl (C=O) groups is 1. The highest BCUT2D eigenvalue weighted by molar-refractivity contribution is 5.87. The summed E-state index contributed by atoms with van der Waals surface area (Å²) in [6.45, 7) is 4.27. The van der Waals surface area contributed by atoms with Crippen LogP contribution in [0.2, 0.25) is 0 Å². The van der Waals surface area contributed by atoms with Crippen molar-refractivity contribution < 1.29 is 4.79 Å². The summed E-state index contributed by atoms with van der Waals surface area (Å²) >= 11 is 0. The number of fused-ring (bicyclic) bond motifs is 2. The number of Topliss-reactive ketones (excluding diaryl/α,β-unsaturated/α-hetero) is 1. The quantitative estimate of drug-likeness (QED) is 0.726. The number of unbranched alkanes of at least 4 members (excludes halogenated alkanes) is 1. The minimum Gasteiger partial charge on any atom is -0.317 e. The van der Waals surface area contributed by atoms with Gasteiger partial charge in [0, 0.05) is 12.0 Å². The van der Waals surface area contributed by atoms with Gasteiger partial charge in [-0.3, -0.25) is 4.79 Å². The monoisotopic (exact) mass is 266 g/mol. The molecule has 1 aliphatic carbocycles. The van der Waals surface area contributed by atoms with Gasteiger partial charge in [0.15, 0.2) is 5.78 Å². The molecule has 110 valence electrons. The zero-order valence-electron chi connectivity index (χ0n) is 12.4. The summed E-state index contributed by atoms with van der Waals surface area (Å²) in [5.74, 6) is 0.881. The minimum absolute atomic E-state index is 0.156. The van der Waals surface area contributed by atoms with Gasteiger partial charge in [0.2, 0.25) is 0 Å². The van der Waals surface area contributed by atoms with Gasteiger partial charge < -0.3 is 10.6 Å². The molecule has 1 saturated heterocycles. The molecule has 2 N–H and O–H groups in total. The molecule has 0 spiro atoms. The topological polar surface area (TPSA) is 41.1 Å². The van der Waals surface area contributed by atoms with Gasteiger partial charge in [0.25, 0.3) is 0 Å². The molecule has 2 bridgehead atoms. The zero-order valence-corrected chi connectivity index (χ0v) is 12.4. The lowest BCUT2D eigenvalue weighted by atomic mass is 9.78. The van der Waals surface area contributed by atoms with Gasteiger partial charge >= 0.3 is 0 Å². The summed E-state index contributed by atoms with van der Waals surface area (Å²) in [6.07, 6.45) is 10.8. The Morgan fingerprint density at radius 2 is 2.05 bits per heavy atom. The lowest BCUT2D eigenvalue weighted by Gasteiger charge is -2.37. The van der Waals surface area contributed by atoms with E-state index < -0.39 is 0 Å². The fraction of sp³-hybridized carbons (Fsp3) is 0.938. The SMILES string of the molecule is CCNCCCCC1NC2CCCCCC(C2)C1=O. The van der Waals surface area contributed by atoms with E-state index in [0.29, 0.717) is 17.7 Å². The number of ketones is 1. The first-order valence-electron chi connectivity index (χ1n) is 8.31. The minimum atomic E-state index is 0.156. The van der Waals surface area contributed by atoms with Crippen LogP contribution in [-0.2, 0) is 4.79 Å². The first kappa shape index (κ1) is 15.0. The van der Waals surface area contributed by atoms with Gasteiger partial charge in [0.05, 0.1) is 6.04 Å². The van der Waals surface area contributed by atoms with E-state index in [1.165, 1.54) is 32.1 Å². The third-order valence-electron chi connectivity index (χ3n) is 4.70. The zero-order chi connectivity index (χ0) is 13.5. The van der Waals surface area contributed by atoms with E-state index in [1.807, 2.05) is 0 Å².